The molecule has 0 heterocycles. The number of rotatable bonds is 8. The smallest absolute Gasteiger partial charge is 0.326 e. The van der Waals surface area contributed by atoms with Crippen molar-refractivity contribution in [3.05, 3.63) is 34.3 Å². The van der Waals surface area contributed by atoms with Gasteiger partial charge in [0.25, 0.3) is 0 Å². The van der Waals surface area contributed by atoms with Crippen LogP contribution in [0.1, 0.15) is 29.6 Å². The highest BCUT2D eigenvalue weighted by Gasteiger charge is 2.16. The molecular weight excluding hydrogens is 314 g/mol. The second-order valence-corrected chi connectivity index (χ2v) is 4.91. The number of Topliss-reactive ketones (excluding diaryl/α,β-unsaturated/α-hetero) is 1. The number of carbonyl (C=O) groups excluding carboxylic acids is 2. The summed E-state index contributed by atoms with van der Waals surface area (Å²) in [7, 11) is 0. The van der Waals surface area contributed by atoms with Crippen LogP contribution in [0.4, 0.5) is 0 Å². The average Bonchev–Trinajstić information content (AvgIpc) is 2.38. The van der Waals surface area contributed by atoms with E-state index in [1.165, 1.54) is 0 Å². The molecule has 0 radical (unpaired) electrons. The fourth-order valence-electron chi connectivity index (χ4n) is 1.61. The van der Waals surface area contributed by atoms with Crippen LogP contribution in [0, 0.1) is 0 Å². The summed E-state index contributed by atoms with van der Waals surface area (Å²) >= 11 is 3.28. The van der Waals surface area contributed by atoms with Crippen molar-refractivity contribution in [3.8, 4) is 0 Å². The molecule has 0 aliphatic carbocycles. The van der Waals surface area contributed by atoms with Gasteiger partial charge in [-0.15, -0.1) is 0 Å². The van der Waals surface area contributed by atoms with E-state index in [0.29, 0.717) is 18.4 Å². The molecule has 0 bridgehead atoms. The molecule has 5 nitrogen and oxygen atoms in total. The van der Waals surface area contributed by atoms with Gasteiger partial charge in [-0.3, -0.25) is 9.59 Å². The first-order valence-electron chi connectivity index (χ1n) is 5.76. The number of aliphatic carboxylic acids is 1. The molecule has 1 aromatic rings. The van der Waals surface area contributed by atoms with Crippen LogP contribution in [0.3, 0.4) is 0 Å². The van der Waals surface area contributed by atoms with Crippen LogP contribution in [0.25, 0.3) is 0 Å². The first-order valence-corrected chi connectivity index (χ1v) is 6.55. The first-order chi connectivity index (χ1) is 9.04. The molecule has 0 aliphatic rings. The number of amides is 1. The molecule has 1 unspecified atom stereocenters. The van der Waals surface area contributed by atoms with E-state index < -0.39 is 12.0 Å². The Hall–Kier alpha value is -1.69. The van der Waals surface area contributed by atoms with Crippen LogP contribution < -0.4 is 5.32 Å². The van der Waals surface area contributed by atoms with Gasteiger partial charge in [0.2, 0.25) is 6.41 Å². The predicted molar refractivity (Wildman–Crippen MR) is 72.9 cm³/mol. The molecule has 0 aliphatic heterocycles. The summed E-state index contributed by atoms with van der Waals surface area (Å²) in [6.45, 7) is 0. The molecular formula is C13H14BrNO4. The Morgan fingerprint density at radius 1 is 1.32 bits per heavy atom. The van der Waals surface area contributed by atoms with Crippen molar-refractivity contribution in [1.29, 1.82) is 0 Å². The second kappa shape index (κ2) is 7.68. The van der Waals surface area contributed by atoms with Crippen molar-refractivity contribution in [1.82, 2.24) is 5.32 Å². The van der Waals surface area contributed by atoms with Gasteiger partial charge in [0.15, 0.2) is 5.78 Å². The van der Waals surface area contributed by atoms with Gasteiger partial charge in [-0.2, -0.15) is 0 Å². The number of carboxylic acid groups (broad SMARTS) is 1. The molecule has 0 saturated heterocycles. The first kappa shape index (κ1) is 15.4. The Bertz CT molecular complexity index is 458. The third kappa shape index (κ3) is 5.21. The summed E-state index contributed by atoms with van der Waals surface area (Å²) in [6, 6.07) is 6.05. The summed E-state index contributed by atoms with van der Waals surface area (Å²) in [6.07, 6.45) is 1.25. The van der Waals surface area contributed by atoms with Crippen molar-refractivity contribution in [2.24, 2.45) is 0 Å². The standard InChI is InChI=1S/C13H14BrNO4/c14-10-6-4-9(5-7-10)12(17)3-1-2-11(13(18)19)15-8-16/h4-8,11H,1-3H2,(H,15,16)(H,18,19). The van der Waals surface area contributed by atoms with Crippen LogP contribution in [0.5, 0.6) is 0 Å². The molecule has 6 heteroatoms. The molecule has 1 aromatic carbocycles. The summed E-state index contributed by atoms with van der Waals surface area (Å²) in [5.41, 5.74) is 0.596. The van der Waals surface area contributed by atoms with E-state index in [1.807, 2.05) is 0 Å². The van der Waals surface area contributed by atoms with E-state index in [2.05, 4.69) is 21.2 Å². The van der Waals surface area contributed by atoms with Gasteiger partial charge in [0, 0.05) is 16.5 Å². The fraction of sp³-hybridized carbons (Fsp3) is 0.308. The highest BCUT2D eigenvalue weighted by molar-refractivity contribution is 9.10. The Balaban J connectivity index is 2.43. The Labute approximate surface area is 119 Å². The maximum Gasteiger partial charge on any atom is 0.326 e. The molecule has 1 atom stereocenters. The minimum Gasteiger partial charge on any atom is -0.480 e. The van der Waals surface area contributed by atoms with Crippen molar-refractivity contribution in [2.75, 3.05) is 0 Å². The van der Waals surface area contributed by atoms with Gasteiger partial charge in [-0.25, -0.2) is 4.79 Å². The minimum atomic E-state index is -1.09. The summed E-state index contributed by atoms with van der Waals surface area (Å²) in [5, 5.41) is 11.0. The lowest BCUT2D eigenvalue weighted by molar-refractivity contribution is -0.140. The number of nitrogens with one attached hydrogen (secondary N) is 1. The Morgan fingerprint density at radius 2 is 1.95 bits per heavy atom. The van der Waals surface area contributed by atoms with Crippen molar-refractivity contribution in [3.63, 3.8) is 0 Å². The number of ketones is 1. The quantitative estimate of drug-likeness (QED) is 0.565. The van der Waals surface area contributed by atoms with E-state index in [-0.39, 0.29) is 18.6 Å². The second-order valence-electron chi connectivity index (χ2n) is 4.00. The van der Waals surface area contributed by atoms with Gasteiger partial charge >= 0.3 is 5.97 Å². The zero-order valence-electron chi connectivity index (χ0n) is 10.1. The normalized spacial score (nSPS) is 11.6. The number of carboxylic acids is 1. The SMILES string of the molecule is O=CNC(CCCC(=O)c1ccc(Br)cc1)C(=O)O. The number of carbonyl (C=O) groups is 3. The molecule has 0 fully saturated rings. The third-order valence-electron chi connectivity index (χ3n) is 2.63. The van der Waals surface area contributed by atoms with E-state index >= 15 is 0 Å². The zero-order valence-corrected chi connectivity index (χ0v) is 11.7. The lowest BCUT2D eigenvalue weighted by Gasteiger charge is -2.10. The zero-order chi connectivity index (χ0) is 14.3. The molecule has 1 rings (SSSR count). The van der Waals surface area contributed by atoms with Crippen molar-refractivity contribution in [2.45, 2.75) is 25.3 Å². The highest BCUT2D eigenvalue weighted by Crippen LogP contribution is 2.13. The van der Waals surface area contributed by atoms with Gasteiger partial charge in [0.05, 0.1) is 0 Å². The highest BCUT2D eigenvalue weighted by atomic mass is 79.9. The largest absolute Gasteiger partial charge is 0.480 e. The van der Waals surface area contributed by atoms with Crippen LogP contribution in [0.2, 0.25) is 0 Å². The summed E-state index contributed by atoms with van der Waals surface area (Å²) < 4.78 is 0.894. The monoisotopic (exact) mass is 327 g/mol. The van der Waals surface area contributed by atoms with E-state index in [0.717, 1.165) is 4.47 Å². The molecule has 0 spiro atoms. The van der Waals surface area contributed by atoms with Crippen LogP contribution in [-0.4, -0.2) is 29.3 Å². The lowest BCUT2D eigenvalue weighted by atomic mass is 10.0. The number of benzene rings is 1. The van der Waals surface area contributed by atoms with Crippen molar-refractivity contribution >= 4 is 34.1 Å². The molecule has 1 amide bonds. The van der Waals surface area contributed by atoms with Crippen molar-refractivity contribution < 1.29 is 19.5 Å². The third-order valence-corrected chi connectivity index (χ3v) is 3.16. The van der Waals surface area contributed by atoms with Gasteiger partial charge in [-0.1, -0.05) is 28.1 Å². The fourth-order valence-corrected chi connectivity index (χ4v) is 1.87. The van der Waals surface area contributed by atoms with Gasteiger partial charge in [-0.05, 0) is 25.0 Å². The van der Waals surface area contributed by atoms with Crippen LogP contribution in [-0.2, 0) is 9.59 Å². The summed E-state index contributed by atoms with van der Waals surface area (Å²) in [4.78, 5) is 32.8. The number of hydrogen-bond donors (Lipinski definition) is 2. The van der Waals surface area contributed by atoms with E-state index in [9.17, 15) is 14.4 Å². The Morgan fingerprint density at radius 3 is 2.47 bits per heavy atom. The van der Waals surface area contributed by atoms with E-state index in [1.54, 1.807) is 24.3 Å². The van der Waals surface area contributed by atoms with Gasteiger partial charge in [0.1, 0.15) is 6.04 Å². The maximum absolute atomic E-state index is 11.8. The lowest BCUT2D eigenvalue weighted by Crippen LogP contribution is -2.35. The molecule has 0 aromatic heterocycles. The minimum absolute atomic E-state index is 0.0391. The maximum atomic E-state index is 11.8. The molecule has 19 heavy (non-hydrogen) atoms. The molecule has 102 valence electrons. The number of halogens is 1. The van der Waals surface area contributed by atoms with Gasteiger partial charge < -0.3 is 10.4 Å². The molecule has 2 N–H and O–H groups in total. The van der Waals surface area contributed by atoms with Crippen LogP contribution in [0.15, 0.2) is 28.7 Å². The number of hydrogen-bond acceptors (Lipinski definition) is 3. The van der Waals surface area contributed by atoms with Crippen LogP contribution >= 0.6 is 15.9 Å². The predicted octanol–water partition coefficient (Wildman–Crippen LogP) is 2.00. The van der Waals surface area contributed by atoms with E-state index in [4.69, 9.17) is 5.11 Å². The Kier molecular flexibility index (Phi) is 6.21. The molecule has 0 saturated carbocycles. The topological polar surface area (TPSA) is 83.5 Å². The average molecular weight is 328 g/mol. The summed E-state index contributed by atoms with van der Waals surface area (Å²) in [5.74, 6) is -1.13.